The Bertz CT molecular complexity index is 378. The molecule has 1 aromatic carbocycles. The topological polar surface area (TPSA) is 20.3 Å². The van der Waals surface area contributed by atoms with Gasteiger partial charge in [-0.05, 0) is 31.0 Å². The lowest BCUT2D eigenvalue weighted by atomic mass is 10.1. The average Bonchev–Trinajstić information content (AvgIpc) is 2.35. The van der Waals surface area contributed by atoms with Crippen molar-refractivity contribution < 1.29 is 4.79 Å². The first kappa shape index (κ1) is 14.2. The third-order valence-corrected chi connectivity index (χ3v) is 3.56. The molecule has 0 aliphatic rings. The lowest BCUT2D eigenvalue weighted by molar-refractivity contribution is 0.112. The molecule has 0 bridgehead atoms. The summed E-state index contributed by atoms with van der Waals surface area (Å²) < 4.78 is 0.947. The number of carbonyl (C=O) groups is 1. The van der Waals surface area contributed by atoms with E-state index in [1.165, 1.54) is 0 Å². The van der Waals surface area contributed by atoms with Gasteiger partial charge in [-0.2, -0.15) is 0 Å². The van der Waals surface area contributed by atoms with Crippen LogP contribution in [0.25, 0.3) is 0 Å². The maximum absolute atomic E-state index is 11.1. The number of halogens is 1. The molecule has 0 fully saturated rings. The standard InChI is InChI=1S/C14H20BrNO/c1-4-11(3)9-16(5-2)14-7-6-13(15)8-12(14)10-17/h6-8,10-11H,4-5,9H2,1-3H3. The number of hydrogen-bond donors (Lipinski definition) is 0. The number of nitrogens with zero attached hydrogens (tertiary/aromatic N) is 1. The van der Waals surface area contributed by atoms with Gasteiger partial charge in [0.1, 0.15) is 0 Å². The van der Waals surface area contributed by atoms with Gasteiger partial charge in [0.25, 0.3) is 0 Å². The molecule has 0 saturated carbocycles. The van der Waals surface area contributed by atoms with Crippen LogP contribution in [0.2, 0.25) is 0 Å². The number of hydrogen-bond acceptors (Lipinski definition) is 2. The maximum Gasteiger partial charge on any atom is 0.152 e. The predicted molar refractivity (Wildman–Crippen MR) is 76.9 cm³/mol. The first-order chi connectivity index (χ1) is 8.12. The van der Waals surface area contributed by atoms with Gasteiger partial charge in [0, 0.05) is 28.8 Å². The second-order valence-electron chi connectivity index (χ2n) is 4.37. The largest absolute Gasteiger partial charge is 0.371 e. The van der Waals surface area contributed by atoms with E-state index in [1.54, 1.807) is 0 Å². The summed E-state index contributed by atoms with van der Waals surface area (Å²) in [7, 11) is 0. The second-order valence-corrected chi connectivity index (χ2v) is 5.29. The minimum atomic E-state index is 0.637. The van der Waals surface area contributed by atoms with Gasteiger partial charge in [0.05, 0.1) is 0 Å². The molecule has 0 aromatic heterocycles. The summed E-state index contributed by atoms with van der Waals surface area (Å²) >= 11 is 3.40. The van der Waals surface area contributed by atoms with Crippen molar-refractivity contribution in [3.63, 3.8) is 0 Å². The summed E-state index contributed by atoms with van der Waals surface area (Å²) in [6.45, 7) is 8.48. The Kier molecular flexibility index (Phi) is 5.69. The van der Waals surface area contributed by atoms with E-state index in [0.717, 1.165) is 41.5 Å². The molecular weight excluding hydrogens is 278 g/mol. The molecule has 1 rings (SSSR count). The van der Waals surface area contributed by atoms with E-state index in [0.29, 0.717) is 5.92 Å². The summed E-state index contributed by atoms with van der Waals surface area (Å²) in [6, 6.07) is 5.88. The van der Waals surface area contributed by atoms with Crippen LogP contribution in [-0.2, 0) is 0 Å². The number of rotatable bonds is 6. The van der Waals surface area contributed by atoms with Crippen molar-refractivity contribution in [3.8, 4) is 0 Å². The van der Waals surface area contributed by atoms with Crippen LogP contribution in [0.4, 0.5) is 5.69 Å². The molecule has 0 aliphatic carbocycles. The van der Waals surface area contributed by atoms with Gasteiger partial charge in [0.15, 0.2) is 6.29 Å². The summed E-state index contributed by atoms with van der Waals surface area (Å²) in [5.74, 6) is 0.637. The van der Waals surface area contributed by atoms with E-state index in [1.807, 2.05) is 18.2 Å². The third-order valence-electron chi connectivity index (χ3n) is 3.07. The predicted octanol–water partition coefficient (Wildman–Crippen LogP) is 4.13. The van der Waals surface area contributed by atoms with E-state index < -0.39 is 0 Å². The fourth-order valence-corrected chi connectivity index (χ4v) is 2.19. The van der Waals surface area contributed by atoms with Crippen LogP contribution in [-0.4, -0.2) is 19.4 Å². The molecule has 0 radical (unpaired) electrons. The van der Waals surface area contributed by atoms with Gasteiger partial charge in [-0.3, -0.25) is 4.79 Å². The van der Waals surface area contributed by atoms with Gasteiger partial charge in [-0.15, -0.1) is 0 Å². The highest BCUT2D eigenvalue weighted by atomic mass is 79.9. The van der Waals surface area contributed by atoms with E-state index >= 15 is 0 Å². The molecule has 1 aromatic rings. The molecule has 1 atom stereocenters. The number of aldehydes is 1. The lowest BCUT2D eigenvalue weighted by Crippen LogP contribution is -2.28. The summed E-state index contributed by atoms with van der Waals surface area (Å²) in [4.78, 5) is 13.4. The molecule has 0 saturated heterocycles. The monoisotopic (exact) mass is 297 g/mol. The van der Waals surface area contributed by atoms with Crippen molar-refractivity contribution in [1.29, 1.82) is 0 Å². The Hall–Kier alpha value is -0.830. The summed E-state index contributed by atoms with van der Waals surface area (Å²) in [5.41, 5.74) is 1.79. The Morgan fingerprint density at radius 3 is 2.65 bits per heavy atom. The zero-order valence-corrected chi connectivity index (χ0v) is 12.3. The third kappa shape index (κ3) is 3.84. The molecule has 94 valence electrons. The molecule has 0 heterocycles. The normalized spacial score (nSPS) is 12.2. The van der Waals surface area contributed by atoms with Gasteiger partial charge < -0.3 is 4.90 Å². The van der Waals surface area contributed by atoms with Gasteiger partial charge >= 0.3 is 0 Å². The SMILES string of the molecule is CCC(C)CN(CC)c1ccc(Br)cc1C=O. The van der Waals surface area contributed by atoms with Crippen molar-refractivity contribution in [2.24, 2.45) is 5.92 Å². The van der Waals surface area contributed by atoms with E-state index in [2.05, 4.69) is 41.6 Å². The first-order valence-electron chi connectivity index (χ1n) is 6.12. The highest BCUT2D eigenvalue weighted by molar-refractivity contribution is 9.10. The van der Waals surface area contributed by atoms with Crippen molar-refractivity contribution >= 4 is 27.9 Å². The van der Waals surface area contributed by atoms with Crippen LogP contribution in [0.1, 0.15) is 37.6 Å². The summed E-state index contributed by atoms with van der Waals surface area (Å²) in [6.07, 6.45) is 2.09. The van der Waals surface area contributed by atoms with Gasteiger partial charge in [-0.1, -0.05) is 36.2 Å². The Morgan fingerprint density at radius 1 is 1.41 bits per heavy atom. The molecule has 0 amide bonds. The van der Waals surface area contributed by atoms with Crippen LogP contribution in [0.3, 0.4) is 0 Å². The van der Waals surface area contributed by atoms with Crippen LogP contribution in [0.15, 0.2) is 22.7 Å². The van der Waals surface area contributed by atoms with Gasteiger partial charge in [-0.25, -0.2) is 0 Å². The van der Waals surface area contributed by atoms with Crippen LogP contribution in [0, 0.1) is 5.92 Å². The van der Waals surface area contributed by atoms with Crippen LogP contribution < -0.4 is 4.90 Å². The van der Waals surface area contributed by atoms with Crippen LogP contribution in [0.5, 0.6) is 0 Å². The lowest BCUT2D eigenvalue weighted by Gasteiger charge is -2.27. The van der Waals surface area contributed by atoms with E-state index in [-0.39, 0.29) is 0 Å². The molecule has 3 heteroatoms. The molecule has 17 heavy (non-hydrogen) atoms. The fraction of sp³-hybridized carbons (Fsp3) is 0.500. The number of carbonyl (C=O) groups excluding carboxylic acids is 1. The molecule has 0 aliphatic heterocycles. The molecule has 0 N–H and O–H groups in total. The van der Waals surface area contributed by atoms with E-state index in [9.17, 15) is 4.79 Å². The zero-order chi connectivity index (χ0) is 12.8. The van der Waals surface area contributed by atoms with Crippen molar-refractivity contribution in [3.05, 3.63) is 28.2 Å². The fourth-order valence-electron chi connectivity index (χ4n) is 1.81. The average molecular weight is 298 g/mol. The van der Waals surface area contributed by atoms with Crippen molar-refractivity contribution in [2.45, 2.75) is 27.2 Å². The zero-order valence-electron chi connectivity index (χ0n) is 10.7. The minimum absolute atomic E-state index is 0.637. The quantitative estimate of drug-likeness (QED) is 0.736. The van der Waals surface area contributed by atoms with Crippen molar-refractivity contribution in [1.82, 2.24) is 0 Å². The van der Waals surface area contributed by atoms with E-state index in [4.69, 9.17) is 0 Å². The van der Waals surface area contributed by atoms with Gasteiger partial charge in [0.2, 0.25) is 0 Å². The smallest absolute Gasteiger partial charge is 0.152 e. The molecular formula is C14H20BrNO. The highest BCUT2D eigenvalue weighted by Gasteiger charge is 2.12. The summed E-state index contributed by atoms with van der Waals surface area (Å²) in [5, 5.41) is 0. The Labute approximate surface area is 112 Å². The number of anilines is 1. The number of benzene rings is 1. The Morgan fingerprint density at radius 2 is 2.12 bits per heavy atom. The molecule has 1 unspecified atom stereocenters. The minimum Gasteiger partial charge on any atom is -0.371 e. The van der Waals surface area contributed by atoms with Crippen LogP contribution >= 0.6 is 15.9 Å². The van der Waals surface area contributed by atoms with Crippen molar-refractivity contribution in [2.75, 3.05) is 18.0 Å². The molecule has 2 nitrogen and oxygen atoms in total. The first-order valence-corrected chi connectivity index (χ1v) is 6.91. The Balaban J connectivity index is 2.98. The molecule has 0 spiro atoms. The highest BCUT2D eigenvalue weighted by Crippen LogP contribution is 2.24. The second kappa shape index (κ2) is 6.80. The maximum atomic E-state index is 11.1.